The topological polar surface area (TPSA) is 198 Å². The Hall–Kier alpha value is -3.16. The Morgan fingerprint density at radius 2 is 1.72 bits per heavy atom. The highest BCUT2D eigenvalue weighted by molar-refractivity contribution is 6.01. The maximum absolute atomic E-state index is 16.5. The number of epoxide rings is 1. The van der Waals surface area contributed by atoms with E-state index >= 15 is 9.59 Å². The van der Waals surface area contributed by atoms with Crippen molar-refractivity contribution in [2.45, 2.75) is 210 Å². The number of phenols is 1. The molecule has 2 aromatic rings. The monoisotopic (exact) mass is 1020 g/mol. The molecule has 11 heteroatoms. The van der Waals surface area contributed by atoms with Gasteiger partial charge in [-0.3, -0.25) is 9.59 Å². The number of aromatic hydroxyl groups is 1. The molecule has 11 rings (SSSR count). The summed E-state index contributed by atoms with van der Waals surface area (Å²) >= 11 is 0. The number of β-amino-alcohol motifs (C(OH)–C–C–N with tert-alkyl or cyclic N) is 1. The SMILES string of the molecule is CNCc1cc(O)cc([C@]23CCC[C@]45CC(=O)C([C@@H](C[C@@H](O)[C@H]6O[C@]6(C)[C@H]6CCC[C@@H]6c6cccc(N)c6)[C@H]6CCC[C@H](CO)C6)=C4CC[C@@H]4[C@](C)(C2)[C@H]2[C@H](C[C@@]45CCO)NC[C@](C)(O)CCCC[C@@]2(C)C3=O)c1. The first kappa shape index (κ1) is 52.9. The second-order valence-electron chi connectivity index (χ2n) is 27.4. The molecule has 0 amide bonds. The minimum atomic E-state index is -0.936. The van der Waals surface area contributed by atoms with Crippen LogP contribution >= 0.6 is 0 Å². The Balaban J connectivity index is 1.05. The van der Waals surface area contributed by atoms with E-state index in [1.54, 1.807) is 0 Å². The van der Waals surface area contributed by atoms with E-state index in [2.05, 4.69) is 49.6 Å². The number of hydrogen-bond acceptors (Lipinski definition) is 11. The summed E-state index contributed by atoms with van der Waals surface area (Å²) in [5, 5.41) is 65.9. The van der Waals surface area contributed by atoms with Crippen LogP contribution < -0.4 is 16.4 Å². The van der Waals surface area contributed by atoms with Crippen LogP contribution in [0.4, 0.5) is 5.69 Å². The Kier molecular flexibility index (Phi) is 13.8. The second-order valence-corrected chi connectivity index (χ2v) is 27.4. The summed E-state index contributed by atoms with van der Waals surface area (Å²) in [5.41, 5.74) is 7.81. The van der Waals surface area contributed by atoms with Crippen LogP contribution in [-0.2, 0) is 26.3 Å². The zero-order valence-electron chi connectivity index (χ0n) is 45.5. The van der Waals surface area contributed by atoms with Gasteiger partial charge in [0.2, 0.25) is 0 Å². The molecule has 11 nitrogen and oxygen atoms in total. The molecule has 8 fully saturated rings. The number of nitrogen functional groups attached to an aromatic ring is 1. The number of anilines is 1. The smallest absolute Gasteiger partial charge is 0.160 e. The third kappa shape index (κ3) is 8.26. The van der Waals surface area contributed by atoms with E-state index in [0.717, 1.165) is 99.4 Å². The fraction of sp³-hybridized carbons (Fsp3) is 0.746. The van der Waals surface area contributed by atoms with E-state index in [9.17, 15) is 25.5 Å². The molecule has 9 aliphatic rings. The Morgan fingerprint density at radius 3 is 2.49 bits per heavy atom. The normalized spacial score (nSPS) is 43.8. The third-order valence-electron chi connectivity index (χ3n) is 23.2. The maximum Gasteiger partial charge on any atom is 0.160 e. The van der Waals surface area contributed by atoms with Crippen molar-refractivity contribution in [3.63, 3.8) is 0 Å². The summed E-state index contributed by atoms with van der Waals surface area (Å²) in [4.78, 5) is 32.5. The van der Waals surface area contributed by atoms with E-state index in [1.807, 2.05) is 38.2 Å². The number of aliphatic hydroxyl groups excluding tert-OH is 3. The summed E-state index contributed by atoms with van der Waals surface area (Å²) in [6.07, 6.45) is 15.0. The van der Waals surface area contributed by atoms with Crippen LogP contribution in [0.1, 0.15) is 185 Å². The summed E-state index contributed by atoms with van der Waals surface area (Å²) in [5.74, 6) is 1.26. The maximum atomic E-state index is 16.5. The molecule has 17 atom stereocenters. The van der Waals surface area contributed by atoms with Gasteiger partial charge in [-0.25, -0.2) is 0 Å². The average Bonchev–Trinajstić information content (AvgIpc) is 3.65. The van der Waals surface area contributed by atoms with Crippen molar-refractivity contribution >= 4 is 17.3 Å². The molecular weight excluding hydrogens is 927 g/mol. The van der Waals surface area contributed by atoms with Crippen LogP contribution in [-0.4, -0.2) is 93.4 Å². The van der Waals surface area contributed by atoms with Crippen molar-refractivity contribution < 1.29 is 39.9 Å². The van der Waals surface area contributed by atoms with Crippen molar-refractivity contribution in [3.05, 3.63) is 70.3 Å². The van der Waals surface area contributed by atoms with Crippen LogP contribution in [0.5, 0.6) is 5.75 Å². The van der Waals surface area contributed by atoms with Crippen molar-refractivity contribution in [2.75, 3.05) is 32.5 Å². The predicted molar refractivity (Wildman–Crippen MR) is 288 cm³/mol. The lowest BCUT2D eigenvalue weighted by Gasteiger charge is -2.72. The number of benzene rings is 2. The van der Waals surface area contributed by atoms with Gasteiger partial charge in [0.25, 0.3) is 0 Å². The van der Waals surface area contributed by atoms with Crippen LogP contribution in [0.3, 0.4) is 0 Å². The largest absolute Gasteiger partial charge is 0.508 e. The lowest BCUT2D eigenvalue weighted by Crippen LogP contribution is -2.73. The molecule has 2 saturated heterocycles. The molecule has 0 unspecified atom stereocenters. The molecule has 0 aromatic heterocycles. The number of rotatable bonds is 13. The Bertz CT molecular complexity index is 2510. The molecule has 406 valence electrons. The van der Waals surface area contributed by atoms with Crippen molar-refractivity contribution in [1.29, 1.82) is 0 Å². The van der Waals surface area contributed by atoms with Gasteiger partial charge in [-0.2, -0.15) is 0 Å². The number of carbonyl (C=O) groups is 2. The number of allylic oxidation sites excluding steroid dienone is 2. The van der Waals surface area contributed by atoms with Gasteiger partial charge < -0.3 is 46.6 Å². The molecule has 0 radical (unpaired) electrons. The minimum Gasteiger partial charge on any atom is -0.508 e. The number of nitrogens with two attached hydrogens (primary N) is 1. The van der Waals surface area contributed by atoms with Crippen LogP contribution in [0, 0.1) is 57.2 Å². The highest BCUT2D eigenvalue weighted by atomic mass is 16.6. The number of phenolic OH excluding ortho intramolecular Hbond substituents is 1. The van der Waals surface area contributed by atoms with E-state index < -0.39 is 44.4 Å². The lowest BCUT2D eigenvalue weighted by atomic mass is 9.31. The van der Waals surface area contributed by atoms with Gasteiger partial charge in [0.05, 0.1) is 22.7 Å². The molecule has 5 bridgehead atoms. The van der Waals surface area contributed by atoms with E-state index in [0.29, 0.717) is 76.8 Å². The number of ketones is 2. The number of aliphatic hydroxyl groups is 4. The fourth-order valence-corrected chi connectivity index (χ4v) is 20.6. The van der Waals surface area contributed by atoms with Gasteiger partial charge in [-0.1, -0.05) is 69.7 Å². The summed E-state index contributed by atoms with van der Waals surface area (Å²) in [6.45, 7) is 9.96. The van der Waals surface area contributed by atoms with Crippen molar-refractivity contribution in [1.82, 2.24) is 10.6 Å². The number of ether oxygens (including phenoxy) is 1. The number of carbonyl (C=O) groups excluding carboxylic acids is 2. The van der Waals surface area contributed by atoms with Gasteiger partial charge >= 0.3 is 0 Å². The zero-order chi connectivity index (χ0) is 52.2. The summed E-state index contributed by atoms with van der Waals surface area (Å²) < 4.78 is 6.76. The molecule has 6 saturated carbocycles. The van der Waals surface area contributed by atoms with E-state index in [4.69, 9.17) is 10.5 Å². The number of fused-ring (bicyclic) bond motifs is 1. The Morgan fingerprint density at radius 1 is 0.919 bits per heavy atom. The van der Waals surface area contributed by atoms with Crippen molar-refractivity contribution in [3.8, 4) is 5.75 Å². The fourth-order valence-electron chi connectivity index (χ4n) is 20.6. The molecule has 2 heterocycles. The first-order chi connectivity index (χ1) is 35.3. The predicted octanol–water partition coefficient (Wildman–Crippen LogP) is 9.35. The molecule has 2 aliphatic heterocycles. The number of hydrogen-bond donors (Lipinski definition) is 8. The van der Waals surface area contributed by atoms with Crippen molar-refractivity contribution in [2.24, 2.45) is 57.2 Å². The quantitative estimate of drug-likeness (QED) is 0.0703. The molecular formula is C63H91N3O8. The van der Waals surface area contributed by atoms with Gasteiger partial charge in [0, 0.05) is 55.3 Å². The van der Waals surface area contributed by atoms with Crippen LogP contribution in [0.15, 0.2) is 53.6 Å². The zero-order valence-corrected chi connectivity index (χ0v) is 45.5. The number of Topliss-reactive ketones (excluding diaryl/α,β-unsaturated/α-hetero) is 2. The first-order valence-corrected chi connectivity index (χ1v) is 29.5. The molecule has 74 heavy (non-hydrogen) atoms. The minimum absolute atomic E-state index is 0.0141. The van der Waals surface area contributed by atoms with Crippen LogP contribution in [0.2, 0.25) is 0 Å². The first-order valence-electron chi connectivity index (χ1n) is 29.5. The number of nitrogens with one attached hydrogen (secondary N) is 2. The Labute approximate surface area is 441 Å². The standard InChI is InChI=1S/C63H91N3O8/c1-57(73)20-6-7-21-58(2)54-49(66-37-57)32-63(24-25-67)52-19-18-48-53(51(71)33-62(48,63)23-11-22-61(56(58)72,36-59(52,54)3)42-27-39(34-65-5)28-44(69)30-42)46(40-13-8-12-38(26-40)35-68)31-50(70)55-60(4,74-55)47-17-10-16-45(47)41-14-9-15-43(64)29-41/h9,14-15,27-30,38,40,45-47,49-50,52,54-55,65-70,73H,6-8,10-13,16-26,31-37,64H2,1-5H3/t38-,40-,45+,46-,47-,49-,50+,52+,54-,55+,57+,58+,59-,60+,61-,62-,63-/m0/s1. The molecule has 7 aliphatic carbocycles. The van der Waals surface area contributed by atoms with Gasteiger partial charge in [-0.05, 0) is 216 Å². The highest BCUT2D eigenvalue weighted by Gasteiger charge is 2.76. The van der Waals surface area contributed by atoms with Gasteiger partial charge in [-0.15, -0.1) is 0 Å². The molecule has 2 aromatic carbocycles. The van der Waals surface area contributed by atoms with E-state index in [-0.39, 0.29) is 78.2 Å². The third-order valence-corrected chi connectivity index (χ3v) is 23.2. The van der Waals surface area contributed by atoms with E-state index in [1.165, 1.54) is 11.1 Å². The second kappa shape index (κ2) is 19.3. The van der Waals surface area contributed by atoms with Gasteiger partial charge in [0.15, 0.2) is 5.78 Å². The molecule has 1 spiro atoms. The summed E-state index contributed by atoms with van der Waals surface area (Å²) in [6, 6.07) is 14.0. The van der Waals surface area contributed by atoms with Gasteiger partial charge in [0.1, 0.15) is 17.6 Å². The lowest BCUT2D eigenvalue weighted by molar-refractivity contribution is -0.214. The molecule has 9 N–H and O–H groups in total. The highest BCUT2D eigenvalue weighted by Crippen LogP contribution is 2.79. The van der Waals surface area contributed by atoms with Crippen LogP contribution in [0.25, 0.3) is 0 Å². The average molecular weight is 1020 g/mol. The summed E-state index contributed by atoms with van der Waals surface area (Å²) in [7, 11) is 1.91.